The molecule has 5 heteroatoms. The van der Waals surface area contributed by atoms with Crippen LogP contribution in [-0.2, 0) is 22.6 Å². The largest absolute Gasteiger partial charge is 0.385 e. The van der Waals surface area contributed by atoms with Gasteiger partial charge < -0.3 is 20.4 Å². The number of hydrogen-bond donors (Lipinski definition) is 2. The molecule has 0 spiro atoms. The Kier molecular flexibility index (Phi) is 5.60. The Morgan fingerprint density at radius 3 is 3.06 bits per heavy atom. The van der Waals surface area contributed by atoms with E-state index in [0.717, 1.165) is 12.0 Å². The molecular formula is C11H19N3O2. The van der Waals surface area contributed by atoms with Crippen LogP contribution in [0, 0.1) is 0 Å². The summed E-state index contributed by atoms with van der Waals surface area (Å²) in [6, 6.07) is 1.91. The molecule has 0 fully saturated rings. The fourth-order valence-corrected chi connectivity index (χ4v) is 1.38. The van der Waals surface area contributed by atoms with Crippen LogP contribution in [0.5, 0.6) is 0 Å². The maximum atomic E-state index is 11.5. The van der Waals surface area contributed by atoms with Crippen LogP contribution in [0.15, 0.2) is 18.5 Å². The summed E-state index contributed by atoms with van der Waals surface area (Å²) >= 11 is 0. The number of carbonyl (C=O) groups excluding carboxylic acids is 1. The highest BCUT2D eigenvalue weighted by molar-refractivity contribution is 5.75. The molecule has 5 nitrogen and oxygen atoms in total. The fourth-order valence-electron chi connectivity index (χ4n) is 1.38. The van der Waals surface area contributed by atoms with E-state index in [4.69, 9.17) is 10.5 Å². The number of ether oxygens (including phenoxy) is 1. The standard InChI is InChI=1S/C11H19N3O2/c1-16-6-2-4-13-11(15)9-14-5-3-10(7-12)8-14/h3,5,8H,2,4,6-7,9,12H2,1H3,(H,13,15). The van der Waals surface area contributed by atoms with Gasteiger partial charge in [-0.15, -0.1) is 0 Å². The Bertz CT molecular complexity index is 323. The Labute approximate surface area is 95.6 Å². The Hall–Kier alpha value is -1.33. The summed E-state index contributed by atoms with van der Waals surface area (Å²) in [5.74, 6) is 0.00951. The van der Waals surface area contributed by atoms with Crippen molar-refractivity contribution in [2.75, 3.05) is 20.3 Å². The molecule has 0 aromatic carbocycles. The normalized spacial score (nSPS) is 10.4. The molecule has 0 saturated carbocycles. The van der Waals surface area contributed by atoms with Gasteiger partial charge >= 0.3 is 0 Å². The number of carbonyl (C=O) groups is 1. The van der Waals surface area contributed by atoms with Crippen LogP contribution in [0.4, 0.5) is 0 Å². The van der Waals surface area contributed by atoms with E-state index in [0.29, 0.717) is 26.2 Å². The van der Waals surface area contributed by atoms with Crippen LogP contribution in [0.2, 0.25) is 0 Å². The molecule has 1 aromatic heterocycles. The van der Waals surface area contributed by atoms with Crippen molar-refractivity contribution in [3.05, 3.63) is 24.0 Å². The van der Waals surface area contributed by atoms with E-state index in [1.807, 2.05) is 23.0 Å². The molecule has 0 bridgehead atoms. The van der Waals surface area contributed by atoms with Crippen molar-refractivity contribution in [2.24, 2.45) is 5.73 Å². The third-order valence-corrected chi connectivity index (χ3v) is 2.22. The summed E-state index contributed by atoms with van der Waals surface area (Å²) in [5.41, 5.74) is 6.51. The Balaban J connectivity index is 2.23. The highest BCUT2D eigenvalue weighted by Crippen LogP contribution is 1.99. The van der Waals surface area contributed by atoms with E-state index in [9.17, 15) is 4.79 Å². The fraction of sp³-hybridized carbons (Fsp3) is 0.545. The molecule has 0 aliphatic heterocycles. The first-order chi connectivity index (χ1) is 7.76. The molecule has 1 heterocycles. The summed E-state index contributed by atoms with van der Waals surface area (Å²) in [6.45, 7) is 2.16. The second-order valence-corrected chi connectivity index (χ2v) is 3.59. The molecule has 0 radical (unpaired) electrons. The molecule has 1 aromatic rings. The maximum Gasteiger partial charge on any atom is 0.239 e. The number of nitrogens with two attached hydrogens (primary N) is 1. The van der Waals surface area contributed by atoms with E-state index >= 15 is 0 Å². The topological polar surface area (TPSA) is 69.3 Å². The van der Waals surface area contributed by atoms with Crippen LogP contribution >= 0.6 is 0 Å². The number of methoxy groups -OCH3 is 1. The van der Waals surface area contributed by atoms with Gasteiger partial charge in [0.2, 0.25) is 5.91 Å². The van der Waals surface area contributed by atoms with Gasteiger partial charge in [0.1, 0.15) is 6.54 Å². The van der Waals surface area contributed by atoms with Gasteiger partial charge in [0.15, 0.2) is 0 Å². The lowest BCUT2D eigenvalue weighted by Gasteiger charge is -2.05. The van der Waals surface area contributed by atoms with Crippen LogP contribution in [-0.4, -0.2) is 30.7 Å². The average Bonchev–Trinajstić information content (AvgIpc) is 2.72. The lowest BCUT2D eigenvalue weighted by atomic mass is 10.3. The number of nitrogens with one attached hydrogen (secondary N) is 1. The minimum atomic E-state index is 0.00951. The Morgan fingerprint density at radius 2 is 2.44 bits per heavy atom. The monoisotopic (exact) mass is 225 g/mol. The van der Waals surface area contributed by atoms with Gasteiger partial charge in [-0.05, 0) is 18.1 Å². The first-order valence-corrected chi connectivity index (χ1v) is 5.36. The first kappa shape index (κ1) is 12.7. The van der Waals surface area contributed by atoms with Gasteiger partial charge in [-0.2, -0.15) is 0 Å². The molecule has 0 atom stereocenters. The van der Waals surface area contributed by atoms with E-state index in [2.05, 4.69) is 5.32 Å². The molecule has 0 saturated heterocycles. The Morgan fingerprint density at radius 1 is 1.62 bits per heavy atom. The molecule has 0 unspecified atom stereocenters. The molecule has 0 aliphatic carbocycles. The van der Waals surface area contributed by atoms with Crippen molar-refractivity contribution in [3.63, 3.8) is 0 Å². The summed E-state index contributed by atoms with van der Waals surface area (Å²) < 4.78 is 6.72. The number of amides is 1. The highest BCUT2D eigenvalue weighted by atomic mass is 16.5. The van der Waals surface area contributed by atoms with Crippen LogP contribution in [0.25, 0.3) is 0 Å². The lowest BCUT2D eigenvalue weighted by molar-refractivity contribution is -0.121. The SMILES string of the molecule is COCCCNC(=O)Cn1ccc(CN)c1. The number of nitrogens with zero attached hydrogens (tertiary/aromatic N) is 1. The number of rotatable bonds is 7. The van der Waals surface area contributed by atoms with Gasteiger partial charge in [0.05, 0.1) is 0 Å². The minimum Gasteiger partial charge on any atom is -0.385 e. The zero-order chi connectivity index (χ0) is 11.8. The van der Waals surface area contributed by atoms with E-state index < -0.39 is 0 Å². The maximum absolute atomic E-state index is 11.5. The van der Waals surface area contributed by atoms with Gasteiger partial charge in [0, 0.05) is 39.2 Å². The molecule has 90 valence electrons. The average molecular weight is 225 g/mol. The lowest BCUT2D eigenvalue weighted by Crippen LogP contribution is -2.28. The van der Waals surface area contributed by atoms with Crippen LogP contribution in [0.3, 0.4) is 0 Å². The highest BCUT2D eigenvalue weighted by Gasteiger charge is 2.02. The molecule has 1 rings (SSSR count). The van der Waals surface area contributed by atoms with Crippen molar-refractivity contribution in [1.29, 1.82) is 0 Å². The zero-order valence-electron chi connectivity index (χ0n) is 9.61. The van der Waals surface area contributed by atoms with E-state index in [1.54, 1.807) is 7.11 Å². The van der Waals surface area contributed by atoms with E-state index in [-0.39, 0.29) is 5.91 Å². The summed E-state index contributed by atoms with van der Waals surface area (Å²) in [6.07, 6.45) is 4.58. The third kappa shape index (κ3) is 4.46. The second-order valence-electron chi connectivity index (χ2n) is 3.59. The number of aromatic nitrogens is 1. The van der Waals surface area contributed by atoms with Crippen molar-refractivity contribution in [3.8, 4) is 0 Å². The quantitative estimate of drug-likeness (QED) is 0.647. The van der Waals surface area contributed by atoms with Gasteiger partial charge in [-0.25, -0.2) is 0 Å². The number of hydrogen-bond acceptors (Lipinski definition) is 3. The van der Waals surface area contributed by atoms with Gasteiger partial charge in [-0.3, -0.25) is 4.79 Å². The molecule has 16 heavy (non-hydrogen) atoms. The minimum absolute atomic E-state index is 0.00951. The predicted octanol–water partition coefficient (Wildman–Crippen LogP) is 0.0995. The van der Waals surface area contributed by atoms with Crippen molar-refractivity contribution in [2.45, 2.75) is 19.5 Å². The van der Waals surface area contributed by atoms with Gasteiger partial charge in [0.25, 0.3) is 0 Å². The summed E-state index contributed by atoms with van der Waals surface area (Å²) in [4.78, 5) is 11.5. The van der Waals surface area contributed by atoms with Crippen LogP contribution in [0.1, 0.15) is 12.0 Å². The van der Waals surface area contributed by atoms with Crippen LogP contribution < -0.4 is 11.1 Å². The molecule has 1 amide bonds. The van der Waals surface area contributed by atoms with E-state index in [1.165, 1.54) is 0 Å². The molecular weight excluding hydrogens is 206 g/mol. The smallest absolute Gasteiger partial charge is 0.239 e. The second kappa shape index (κ2) is 7.03. The summed E-state index contributed by atoms with van der Waals surface area (Å²) in [7, 11) is 1.65. The third-order valence-electron chi connectivity index (χ3n) is 2.22. The van der Waals surface area contributed by atoms with Gasteiger partial charge in [-0.1, -0.05) is 0 Å². The molecule has 3 N–H and O–H groups in total. The van der Waals surface area contributed by atoms with Crippen molar-refractivity contribution < 1.29 is 9.53 Å². The summed E-state index contributed by atoms with van der Waals surface area (Å²) in [5, 5.41) is 2.82. The predicted molar refractivity (Wildman–Crippen MR) is 61.8 cm³/mol. The first-order valence-electron chi connectivity index (χ1n) is 5.36. The molecule has 0 aliphatic rings. The zero-order valence-corrected chi connectivity index (χ0v) is 9.61. The van der Waals surface area contributed by atoms with Crippen molar-refractivity contribution in [1.82, 2.24) is 9.88 Å². The van der Waals surface area contributed by atoms with Crippen molar-refractivity contribution >= 4 is 5.91 Å².